The number of nitrogens with one attached hydrogen (secondary N) is 1. The van der Waals surface area contributed by atoms with Gasteiger partial charge in [0.1, 0.15) is 5.75 Å². The predicted molar refractivity (Wildman–Crippen MR) is 95.6 cm³/mol. The molecule has 0 aliphatic carbocycles. The lowest BCUT2D eigenvalue weighted by Crippen LogP contribution is -2.19. The third-order valence-electron chi connectivity index (χ3n) is 4.11. The maximum atomic E-state index is 5.84. The number of hydrogen-bond donors (Lipinski definition) is 1. The number of hydrogen-bond acceptors (Lipinski definition) is 3. The summed E-state index contributed by atoms with van der Waals surface area (Å²) in [5.41, 5.74) is 3.49. The Balaban J connectivity index is 2.06. The van der Waals surface area contributed by atoms with E-state index in [0.29, 0.717) is 0 Å². The van der Waals surface area contributed by atoms with Crippen LogP contribution in [0.4, 0.5) is 0 Å². The summed E-state index contributed by atoms with van der Waals surface area (Å²) in [7, 11) is 2.16. The Morgan fingerprint density at radius 2 is 1.96 bits per heavy atom. The van der Waals surface area contributed by atoms with Crippen molar-refractivity contribution in [3.8, 4) is 17.0 Å². The molecular weight excluding hydrogens is 286 g/mol. The molecule has 2 rings (SSSR count). The van der Waals surface area contributed by atoms with E-state index in [9.17, 15) is 0 Å². The van der Waals surface area contributed by atoms with Crippen LogP contribution in [0.5, 0.6) is 5.75 Å². The molecule has 0 aliphatic rings. The van der Waals surface area contributed by atoms with Crippen LogP contribution < -0.4 is 4.74 Å². The summed E-state index contributed by atoms with van der Waals surface area (Å²) >= 11 is 0. The highest BCUT2D eigenvalue weighted by atomic mass is 16.5. The summed E-state index contributed by atoms with van der Waals surface area (Å²) in [6, 6.07) is 8.27. The molecule has 1 heterocycles. The van der Waals surface area contributed by atoms with E-state index in [1.54, 1.807) is 0 Å². The lowest BCUT2D eigenvalue weighted by molar-refractivity contribution is 0.217. The first-order chi connectivity index (χ1) is 11.1. The fraction of sp³-hybridized carbons (Fsp3) is 0.526. The SMILES string of the molecule is CCCCN(C)Cc1cn[nH]c1-c1ccc(O[C@H](C)CC)cc1. The molecule has 0 unspecified atom stereocenters. The Bertz CT molecular complexity index is 577. The van der Waals surface area contributed by atoms with Crippen LogP contribution in [-0.2, 0) is 6.54 Å². The number of aromatic nitrogens is 2. The van der Waals surface area contributed by atoms with Gasteiger partial charge in [-0.2, -0.15) is 5.10 Å². The van der Waals surface area contributed by atoms with Gasteiger partial charge in [-0.25, -0.2) is 0 Å². The summed E-state index contributed by atoms with van der Waals surface area (Å²) < 4.78 is 5.84. The summed E-state index contributed by atoms with van der Waals surface area (Å²) in [6.07, 6.45) is 5.64. The fourth-order valence-electron chi connectivity index (χ4n) is 2.49. The Kier molecular flexibility index (Phi) is 6.66. The van der Waals surface area contributed by atoms with Gasteiger partial charge in [0.2, 0.25) is 0 Å². The molecule has 0 saturated heterocycles. The predicted octanol–water partition coefficient (Wildman–Crippen LogP) is 4.49. The first kappa shape index (κ1) is 17.5. The molecule has 1 N–H and O–H groups in total. The average molecular weight is 315 g/mol. The number of rotatable bonds is 9. The maximum Gasteiger partial charge on any atom is 0.119 e. The molecule has 0 amide bonds. The quantitative estimate of drug-likeness (QED) is 0.741. The summed E-state index contributed by atoms with van der Waals surface area (Å²) in [5, 5.41) is 7.37. The summed E-state index contributed by atoms with van der Waals surface area (Å²) in [4.78, 5) is 2.35. The molecule has 4 nitrogen and oxygen atoms in total. The zero-order chi connectivity index (χ0) is 16.7. The van der Waals surface area contributed by atoms with Crippen LogP contribution in [0.2, 0.25) is 0 Å². The van der Waals surface area contributed by atoms with Gasteiger partial charge in [-0.15, -0.1) is 0 Å². The molecule has 0 fully saturated rings. The van der Waals surface area contributed by atoms with E-state index in [0.717, 1.165) is 36.5 Å². The molecule has 23 heavy (non-hydrogen) atoms. The molecule has 0 saturated carbocycles. The van der Waals surface area contributed by atoms with Gasteiger partial charge < -0.3 is 9.64 Å². The molecule has 0 bridgehead atoms. The molecule has 1 aromatic carbocycles. The zero-order valence-electron chi connectivity index (χ0n) is 14.8. The topological polar surface area (TPSA) is 41.2 Å². The van der Waals surface area contributed by atoms with Crippen LogP contribution in [0, 0.1) is 0 Å². The normalized spacial score (nSPS) is 12.6. The second kappa shape index (κ2) is 8.73. The van der Waals surface area contributed by atoms with Gasteiger partial charge in [0.05, 0.1) is 18.0 Å². The molecule has 0 radical (unpaired) electrons. The van der Waals surface area contributed by atoms with Crippen LogP contribution in [0.15, 0.2) is 30.5 Å². The Morgan fingerprint density at radius 3 is 2.61 bits per heavy atom. The van der Waals surface area contributed by atoms with E-state index in [4.69, 9.17) is 4.74 Å². The van der Waals surface area contributed by atoms with E-state index in [2.05, 4.69) is 55.0 Å². The number of benzene rings is 1. The number of unbranched alkanes of at least 4 members (excludes halogenated alkanes) is 1. The highest BCUT2D eigenvalue weighted by Crippen LogP contribution is 2.25. The van der Waals surface area contributed by atoms with Crippen molar-refractivity contribution >= 4 is 0 Å². The highest BCUT2D eigenvalue weighted by molar-refractivity contribution is 5.63. The summed E-state index contributed by atoms with van der Waals surface area (Å²) in [6.45, 7) is 8.47. The molecule has 4 heteroatoms. The monoisotopic (exact) mass is 315 g/mol. The molecule has 1 aromatic heterocycles. The first-order valence-corrected chi connectivity index (χ1v) is 8.61. The van der Waals surface area contributed by atoms with Gasteiger partial charge in [-0.05, 0) is 57.6 Å². The van der Waals surface area contributed by atoms with Crippen molar-refractivity contribution in [3.63, 3.8) is 0 Å². The maximum absolute atomic E-state index is 5.84. The minimum absolute atomic E-state index is 0.246. The number of H-pyrrole nitrogens is 1. The van der Waals surface area contributed by atoms with Crippen molar-refractivity contribution in [2.75, 3.05) is 13.6 Å². The molecule has 2 aromatic rings. The van der Waals surface area contributed by atoms with Gasteiger partial charge in [0, 0.05) is 17.7 Å². The Hall–Kier alpha value is -1.81. The molecule has 0 aliphatic heterocycles. The minimum Gasteiger partial charge on any atom is -0.491 e. The van der Waals surface area contributed by atoms with Crippen molar-refractivity contribution < 1.29 is 4.74 Å². The second-order valence-corrected chi connectivity index (χ2v) is 6.22. The van der Waals surface area contributed by atoms with Gasteiger partial charge in [-0.1, -0.05) is 20.3 Å². The fourth-order valence-corrected chi connectivity index (χ4v) is 2.49. The summed E-state index contributed by atoms with van der Waals surface area (Å²) in [5.74, 6) is 0.921. The molecule has 1 atom stereocenters. The minimum atomic E-state index is 0.246. The lowest BCUT2D eigenvalue weighted by Gasteiger charge is -2.16. The van der Waals surface area contributed by atoms with Gasteiger partial charge in [-0.3, -0.25) is 5.10 Å². The average Bonchev–Trinajstić information content (AvgIpc) is 3.01. The Labute approximate surface area is 139 Å². The van der Waals surface area contributed by atoms with Crippen LogP contribution in [0.25, 0.3) is 11.3 Å². The van der Waals surface area contributed by atoms with Crippen molar-refractivity contribution in [1.82, 2.24) is 15.1 Å². The molecule has 0 spiro atoms. The van der Waals surface area contributed by atoms with E-state index >= 15 is 0 Å². The highest BCUT2D eigenvalue weighted by Gasteiger charge is 2.10. The largest absolute Gasteiger partial charge is 0.491 e. The van der Waals surface area contributed by atoms with Crippen LogP contribution in [0.1, 0.15) is 45.6 Å². The first-order valence-electron chi connectivity index (χ1n) is 8.61. The van der Waals surface area contributed by atoms with Crippen LogP contribution in [0.3, 0.4) is 0 Å². The third-order valence-corrected chi connectivity index (χ3v) is 4.11. The van der Waals surface area contributed by atoms with Gasteiger partial charge in [0.25, 0.3) is 0 Å². The standard InChI is InChI=1S/C19H29N3O/c1-5-7-12-22(4)14-17-13-20-21-19(17)16-8-10-18(11-9-16)23-15(3)6-2/h8-11,13,15H,5-7,12,14H2,1-4H3,(H,20,21)/t15-/m1/s1. The number of ether oxygens (including phenoxy) is 1. The molecule has 126 valence electrons. The van der Waals surface area contributed by atoms with Crippen molar-refractivity contribution in [3.05, 3.63) is 36.0 Å². The smallest absolute Gasteiger partial charge is 0.119 e. The Morgan fingerprint density at radius 1 is 1.22 bits per heavy atom. The molecular formula is C19H29N3O. The van der Waals surface area contributed by atoms with Crippen molar-refractivity contribution in [2.45, 2.75) is 52.7 Å². The van der Waals surface area contributed by atoms with Crippen LogP contribution in [-0.4, -0.2) is 34.8 Å². The zero-order valence-corrected chi connectivity index (χ0v) is 14.8. The second-order valence-electron chi connectivity index (χ2n) is 6.22. The van der Waals surface area contributed by atoms with E-state index in [1.165, 1.54) is 18.4 Å². The van der Waals surface area contributed by atoms with E-state index in [1.807, 2.05) is 18.3 Å². The van der Waals surface area contributed by atoms with Gasteiger partial charge in [0.15, 0.2) is 0 Å². The lowest BCUT2D eigenvalue weighted by atomic mass is 10.1. The van der Waals surface area contributed by atoms with Crippen molar-refractivity contribution in [1.29, 1.82) is 0 Å². The van der Waals surface area contributed by atoms with Gasteiger partial charge >= 0.3 is 0 Å². The van der Waals surface area contributed by atoms with E-state index in [-0.39, 0.29) is 6.10 Å². The third kappa shape index (κ3) is 5.10. The van der Waals surface area contributed by atoms with E-state index < -0.39 is 0 Å². The number of nitrogens with zero attached hydrogens (tertiary/aromatic N) is 2. The van der Waals surface area contributed by atoms with Crippen molar-refractivity contribution in [2.24, 2.45) is 0 Å². The number of aromatic amines is 1. The van der Waals surface area contributed by atoms with Crippen LogP contribution >= 0.6 is 0 Å².